The number of rotatable bonds is 5. The molecule has 0 amide bonds. The van der Waals surface area contributed by atoms with E-state index < -0.39 is 0 Å². The second-order valence-corrected chi connectivity index (χ2v) is 5.29. The van der Waals surface area contributed by atoms with Gasteiger partial charge in [-0.15, -0.1) is 10.2 Å². The van der Waals surface area contributed by atoms with Crippen LogP contribution >= 0.6 is 0 Å². The van der Waals surface area contributed by atoms with Crippen LogP contribution in [0, 0.1) is 5.82 Å². The van der Waals surface area contributed by atoms with Gasteiger partial charge in [0, 0.05) is 19.6 Å². The molecule has 0 unspecified atom stereocenters. The summed E-state index contributed by atoms with van der Waals surface area (Å²) in [6, 6.07) is 5.28. The number of nitrogens with zero attached hydrogens (tertiary/aromatic N) is 4. The van der Waals surface area contributed by atoms with Crippen LogP contribution in [0.4, 0.5) is 10.1 Å². The van der Waals surface area contributed by atoms with Crippen LogP contribution in [0.2, 0.25) is 0 Å². The minimum Gasteiger partial charge on any atom is -0.360 e. The molecule has 0 saturated carbocycles. The predicted molar refractivity (Wildman–Crippen MR) is 79.5 cm³/mol. The summed E-state index contributed by atoms with van der Waals surface area (Å²) < 4.78 is 16.4. The number of hydrogen-bond donors (Lipinski definition) is 1. The van der Waals surface area contributed by atoms with Gasteiger partial charge in [0.1, 0.15) is 12.1 Å². The molecule has 0 spiro atoms. The number of fused-ring (bicyclic) bond motifs is 1. The van der Waals surface area contributed by atoms with Gasteiger partial charge in [-0.05, 0) is 24.6 Å². The minimum absolute atomic E-state index is 0.168. The molecule has 1 aromatic heterocycles. The molecule has 112 valence electrons. The number of nitrogens with one attached hydrogen (secondary N) is 1. The molecular weight excluding hydrogens is 269 g/mol. The molecule has 1 aliphatic rings. The fraction of sp³-hybridized carbons (Fsp3) is 0.467. The van der Waals surface area contributed by atoms with Gasteiger partial charge in [-0.2, -0.15) is 0 Å². The zero-order chi connectivity index (χ0) is 14.7. The van der Waals surface area contributed by atoms with Crippen molar-refractivity contribution >= 4 is 5.69 Å². The lowest BCUT2D eigenvalue weighted by molar-refractivity contribution is 0.539. The molecule has 0 radical (unpaired) electrons. The molecule has 1 aromatic carbocycles. The van der Waals surface area contributed by atoms with Crippen LogP contribution in [0.3, 0.4) is 0 Å². The Balaban J connectivity index is 1.84. The summed E-state index contributed by atoms with van der Waals surface area (Å²) in [4.78, 5) is 2.06. The average Bonchev–Trinajstić information content (AvgIpc) is 2.95. The standard InChI is InChI=1S/C15H20FN5/c1-2-6-17-9-12-4-3-5-13(16)15(12)20-7-8-21-11-18-19-14(21)10-20/h3-5,11,17H,2,6-10H2,1H3. The van der Waals surface area contributed by atoms with Gasteiger partial charge in [-0.3, -0.25) is 0 Å². The van der Waals surface area contributed by atoms with Crippen molar-refractivity contribution in [2.45, 2.75) is 33.0 Å². The van der Waals surface area contributed by atoms with Gasteiger partial charge in [0.05, 0.1) is 12.2 Å². The topological polar surface area (TPSA) is 46.0 Å². The largest absolute Gasteiger partial charge is 0.360 e. The van der Waals surface area contributed by atoms with Crippen LogP contribution in [0.1, 0.15) is 24.7 Å². The molecule has 1 aliphatic heterocycles. The van der Waals surface area contributed by atoms with Crippen molar-refractivity contribution in [3.05, 3.63) is 41.7 Å². The van der Waals surface area contributed by atoms with Gasteiger partial charge >= 0.3 is 0 Å². The zero-order valence-corrected chi connectivity index (χ0v) is 12.2. The summed E-state index contributed by atoms with van der Waals surface area (Å²) >= 11 is 0. The van der Waals surface area contributed by atoms with E-state index in [1.807, 2.05) is 10.6 Å². The normalized spacial score (nSPS) is 14.3. The van der Waals surface area contributed by atoms with Crippen molar-refractivity contribution in [2.75, 3.05) is 18.0 Å². The van der Waals surface area contributed by atoms with Crippen LogP contribution in [-0.2, 0) is 19.6 Å². The molecule has 0 saturated heterocycles. The Kier molecular flexibility index (Phi) is 4.15. The lowest BCUT2D eigenvalue weighted by Gasteiger charge is -2.31. The Bertz CT molecular complexity index is 610. The van der Waals surface area contributed by atoms with Crippen LogP contribution < -0.4 is 10.2 Å². The number of para-hydroxylation sites is 1. The van der Waals surface area contributed by atoms with Crippen LogP contribution in [-0.4, -0.2) is 27.9 Å². The highest BCUT2D eigenvalue weighted by molar-refractivity contribution is 5.55. The number of aromatic nitrogens is 3. The maximum Gasteiger partial charge on any atom is 0.152 e. The maximum absolute atomic E-state index is 14.3. The third-order valence-electron chi connectivity index (χ3n) is 3.77. The van der Waals surface area contributed by atoms with Crippen molar-refractivity contribution in [3.63, 3.8) is 0 Å². The molecule has 1 N–H and O–H groups in total. The maximum atomic E-state index is 14.3. The van der Waals surface area contributed by atoms with Crippen molar-refractivity contribution in [2.24, 2.45) is 0 Å². The van der Waals surface area contributed by atoms with E-state index in [1.54, 1.807) is 12.4 Å². The molecule has 5 nitrogen and oxygen atoms in total. The van der Waals surface area contributed by atoms with E-state index in [9.17, 15) is 4.39 Å². The van der Waals surface area contributed by atoms with Crippen molar-refractivity contribution in [3.8, 4) is 0 Å². The van der Waals surface area contributed by atoms with Gasteiger partial charge < -0.3 is 14.8 Å². The molecule has 2 heterocycles. The van der Waals surface area contributed by atoms with E-state index in [0.717, 1.165) is 37.4 Å². The molecule has 0 fully saturated rings. The van der Waals surface area contributed by atoms with E-state index in [-0.39, 0.29) is 5.82 Å². The predicted octanol–water partition coefficient (Wildman–Crippen LogP) is 1.94. The van der Waals surface area contributed by atoms with Crippen LogP contribution in [0.5, 0.6) is 0 Å². The molecule has 0 atom stereocenters. The summed E-state index contributed by atoms with van der Waals surface area (Å²) in [5, 5.41) is 11.4. The zero-order valence-electron chi connectivity index (χ0n) is 12.2. The average molecular weight is 289 g/mol. The third-order valence-corrected chi connectivity index (χ3v) is 3.77. The highest BCUT2D eigenvalue weighted by Crippen LogP contribution is 2.27. The van der Waals surface area contributed by atoms with Crippen LogP contribution in [0.15, 0.2) is 24.5 Å². The highest BCUT2D eigenvalue weighted by atomic mass is 19.1. The number of anilines is 1. The Morgan fingerprint density at radius 1 is 1.33 bits per heavy atom. The van der Waals surface area contributed by atoms with Crippen molar-refractivity contribution < 1.29 is 4.39 Å². The summed E-state index contributed by atoms with van der Waals surface area (Å²) in [7, 11) is 0. The van der Waals surface area contributed by atoms with Gasteiger partial charge in [-0.25, -0.2) is 4.39 Å². The Hall–Kier alpha value is -1.95. The van der Waals surface area contributed by atoms with E-state index >= 15 is 0 Å². The van der Waals surface area contributed by atoms with Gasteiger partial charge in [0.2, 0.25) is 0 Å². The van der Waals surface area contributed by atoms with Crippen molar-refractivity contribution in [1.82, 2.24) is 20.1 Å². The minimum atomic E-state index is -0.168. The second kappa shape index (κ2) is 6.22. The number of hydrogen-bond acceptors (Lipinski definition) is 4. The first-order chi connectivity index (χ1) is 10.3. The number of halogens is 1. The summed E-state index contributed by atoms with van der Waals surface area (Å²) in [6.07, 6.45) is 2.80. The van der Waals surface area contributed by atoms with Crippen LogP contribution in [0.25, 0.3) is 0 Å². The SMILES string of the molecule is CCCNCc1cccc(F)c1N1CCn2cnnc2C1. The molecule has 21 heavy (non-hydrogen) atoms. The molecule has 0 aliphatic carbocycles. The van der Waals surface area contributed by atoms with Crippen molar-refractivity contribution in [1.29, 1.82) is 0 Å². The molecule has 6 heteroatoms. The fourth-order valence-corrected chi connectivity index (χ4v) is 2.71. The van der Waals surface area contributed by atoms with E-state index in [1.165, 1.54) is 6.07 Å². The summed E-state index contributed by atoms with van der Waals surface area (Å²) in [5.41, 5.74) is 1.69. The lowest BCUT2D eigenvalue weighted by Crippen LogP contribution is -2.35. The van der Waals surface area contributed by atoms with E-state index in [4.69, 9.17) is 0 Å². The first-order valence-electron chi connectivity index (χ1n) is 7.39. The summed E-state index contributed by atoms with van der Waals surface area (Å²) in [5.74, 6) is 0.718. The number of benzene rings is 1. The van der Waals surface area contributed by atoms with Gasteiger partial charge in [0.25, 0.3) is 0 Å². The Morgan fingerprint density at radius 2 is 2.24 bits per heavy atom. The summed E-state index contributed by atoms with van der Waals surface area (Å²) in [6.45, 7) is 5.90. The van der Waals surface area contributed by atoms with Gasteiger partial charge in [0.15, 0.2) is 5.82 Å². The smallest absolute Gasteiger partial charge is 0.152 e. The fourth-order valence-electron chi connectivity index (χ4n) is 2.71. The third kappa shape index (κ3) is 2.90. The Labute approximate surface area is 123 Å². The quantitative estimate of drug-likeness (QED) is 0.855. The highest BCUT2D eigenvalue weighted by Gasteiger charge is 2.22. The first-order valence-corrected chi connectivity index (χ1v) is 7.39. The van der Waals surface area contributed by atoms with E-state index in [2.05, 4.69) is 27.3 Å². The molecule has 0 bridgehead atoms. The van der Waals surface area contributed by atoms with E-state index in [0.29, 0.717) is 18.8 Å². The Morgan fingerprint density at radius 3 is 3.10 bits per heavy atom. The molecule has 2 aromatic rings. The monoisotopic (exact) mass is 289 g/mol. The second-order valence-electron chi connectivity index (χ2n) is 5.29. The molecule has 3 rings (SSSR count). The van der Waals surface area contributed by atoms with Gasteiger partial charge in [-0.1, -0.05) is 19.1 Å². The first kappa shape index (κ1) is 14.0. The lowest BCUT2D eigenvalue weighted by atomic mass is 10.1. The molecular formula is C15H20FN5.